The van der Waals surface area contributed by atoms with Crippen molar-refractivity contribution < 1.29 is 14.1 Å². The summed E-state index contributed by atoms with van der Waals surface area (Å²) in [6, 6.07) is 0. The second-order valence-corrected chi connectivity index (χ2v) is 2.80. The number of hydrogen-bond acceptors (Lipinski definition) is 3. The molecule has 1 aliphatic heterocycles. The Balaban J connectivity index is 2.23. The van der Waals surface area contributed by atoms with Gasteiger partial charge in [0.25, 0.3) is 0 Å². The molecule has 0 aromatic heterocycles. The van der Waals surface area contributed by atoms with Crippen molar-refractivity contribution >= 4 is 14.0 Å². The number of rotatable bonds is 1. The SMILES string of the molecule is O=CC12CCCC1O[B]O2. The standard InChI is InChI=1S/C6H8BO3/c8-4-6-3-1-2-5(6)9-7-10-6/h4-5H,1-3H2. The van der Waals surface area contributed by atoms with Gasteiger partial charge >= 0.3 is 7.69 Å². The minimum absolute atomic E-state index is 0.00926. The average molecular weight is 139 g/mol. The van der Waals surface area contributed by atoms with Crippen molar-refractivity contribution in [3.05, 3.63) is 0 Å². The monoisotopic (exact) mass is 139 g/mol. The van der Waals surface area contributed by atoms with Gasteiger partial charge in [0.2, 0.25) is 0 Å². The molecule has 10 heavy (non-hydrogen) atoms. The molecular weight excluding hydrogens is 131 g/mol. The van der Waals surface area contributed by atoms with E-state index in [-0.39, 0.29) is 6.10 Å². The number of hydrogen-bond donors (Lipinski definition) is 0. The average Bonchev–Trinajstić information content (AvgIpc) is 2.42. The zero-order valence-corrected chi connectivity index (χ0v) is 5.58. The van der Waals surface area contributed by atoms with Gasteiger partial charge in [0.15, 0.2) is 6.29 Å². The van der Waals surface area contributed by atoms with Crippen LogP contribution >= 0.6 is 0 Å². The summed E-state index contributed by atoms with van der Waals surface area (Å²) in [5.74, 6) is 0. The van der Waals surface area contributed by atoms with Crippen LogP contribution in [0.5, 0.6) is 0 Å². The van der Waals surface area contributed by atoms with Gasteiger partial charge in [0.05, 0.1) is 6.10 Å². The molecular formula is C6H8BO3. The predicted molar refractivity (Wildman–Crippen MR) is 34.4 cm³/mol. The molecule has 0 bridgehead atoms. The third-order valence-electron chi connectivity index (χ3n) is 2.27. The summed E-state index contributed by atoms with van der Waals surface area (Å²) in [6.45, 7) is 0. The van der Waals surface area contributed by atoms with Crippen molar-refractivity contribution in [2.45, 2.75) is 31.0 Å². The number of fused-ring (bicyclic) bond motifs is 1. The van der Waals surface area contributed by atoms with Crippen LogP contribution in [0.4, 0.5) is 0 Å². The Labute approximate surface area is 60.0 Å². The highest BCUT2D eigenvalue weighted by Gasteiger charge is 2.49. The molecule has 1 saturated carbocycles. The lowest BCUT2D eigenvalue weighted by Gasteiger charge is -2.19. The molecule has 4 heteroatoms. The van der Waals surface area contributed by atoms with E-state index in [0.717, 1.165) is 25.5 Å². The Hall–Kier alpha value is -0.345. The van der Waals surface area contributed by atoms with Crippen LogP contribution in [0.1, 0.15) is 19.3 Å². The fourth-order valence-corrected chi connectivity index (χ4v) is 1.63. The smallest absolute Gasteiger partial charge is 0.407 e. The summed E-state index contributed by atoms with van der Waals surface area (Å²) in [6.07, 6.45) is 3.63. The van der Waals surface area contributed by atoms with Gasteiger partial charge in [0.1, 0.15) is 5.60 Å². The van der Waals surface area contributed by atoms with E-state index in [2.05, 4.69) is 0 Å². The van der Waals surface area contributed by atoms with Crippen LogP contribution in [0.25, 0.3) is 0 Å². The van der Waals surface area contributed by atoms with Crippen molar-refractivity contribution in [2.75, 3.05) is 0 Å². The lowest BCUT2D eigenvalue weighted by atomic mass is 10.0. The maximum absolute atomic E-state index is 10.6. The van der Waals surface area contributed by atoms with Crippen molar-refractivity contribution in [2.24, 2.45) is 0 Å². The number of aldehydes is 1. The summed E-state index contributed by atoms with van der Waals surface area (Å²) < 4.78 is 10.2. The predicted octanol–water partition coefficient (Wildman–Crippen LogP) is 0.0576. The molecule has 0 aromatic rings. The summed E-state index contributed by atoms with van der Waals surface area (Å²) in [5, 5.41) is 0. The molecule has 0 aromatic carbocycles. The maximum atomic E-state index is 10.6. The minimum atomic E-state index is -0.611. The van der Waals surface area contributed by atoms with E-state index in [9.17, 15) is 4.79 Å². The second-order valence-electron chi connectivity index (χ2n) is 2.80. The van der Waals surface area contributed by atoms with Gasteiger partial charge in [-0.1, -0.05) is 0 Å². The van der Waals surface area contributed by atoms with Gasteiger partial charge in [-0.05, 0) is 19.3 Å². The van der Waals surface area contributed by atoms with Gasteiger partial charge in [-0.3, -0.25) is 0 Å². The highest BCUT2D eigenvalue weighted by atomic mass is 16.7. The first-order valence-corrected chi connectivity index (χ1v) is 3.49. The zero-order chi connectivity index (χ0) is 7.03. The van der Waals surface area contributed by atoms with E-state index in [0.29, 0.717) is 0 Å². The van der Waals surface area contributed by atoms with E-state index in [1.807, 2.05) is 0 Å². The van der Waals surface area contributed by atoms with E-state index in [1.165, 1.54) is 7.69 Å². The van der Waals surface area contributed by atoms with E-state index in [4.69, 9.17) is 9.31 Å². The van der Waals surface area contributed by atoms with E-state index >= 15 is 0 Å². The Morgan fingerprint density at radius 1 is 1.70 bits per heavy atom. The van der Waals surface area contributed by atoms with Gasteiger partial charge < -0.3 is 14.1 Å². The van der Waals surface area contributed by atoms with Gasteiger partial charge in [-0.15, -0.1) is 0 Å². The summed E-state index contributed by atoms with van der Waals surface area (Å²) >= 11 is 0. The van der Waals surface area contributed by atoms with E-state index < -0.39 is 5.60 Å². The third-order valence-corrected chi connectivity index (χ3v) is 2.27. The lowest BCUT2D eigenvalue weighted by molar-refractivity contribution is -0.121. The van der Waals surface area contributed by atoms with Gasteiger partial charge in [-0.2, -0.15) is 0 Å². The molecule has 2 unspecified atom stereocenters. The molecule has 2 aliphatic rings. The molecule has 0 N–H and O–H groups in total. The third kappa shape index (κ3) is 0.661. The van der Waals surface area contributed by atoms with Crippen LogP contribution in [0.2, 0.25) is 0 Å². The molecule has 0 amide bonds. The van der Waals surface area contributed by atoms with Crippen LogP contribution in [0, 0.1) is 0 Å². The molecule has 2 fully saturated rings. The second kappa shape index (κ2) is 2.07. The molecule has 1 radical (unpaired) electrons. The summed E-state index contributed by atoms with van der Waals surface area (Å²) in [7, 11) is 1.29. The van der Waals surface area contributed by atoms with E-state index in [1.54, 1.807) is 0 Å². The molecule has 1 heterocycles. The van der Waals surface area contributed by atoms with Crippen LogP contribution in [-0.4, -0.2) is 25.7 Å². The first-order chi connectivity index (χ1) is 4.87. The van der Waals surface area contributed by atoms with Crippen LogP contribution < -0.4 is 0 Å². The molecule has 1 aliphatic carbocycles. The Bertz CT molecular complexity index is 149. The highest BCUT2D eigenvalue weighted by Crippen LogP contribution is 2.37. The fourth-order valence-electron chi connectivity index (χ4n) is 1.63. The Morgan fingerprint density at radius 2 is 2.60 bits per heavy atom. The highest BCUT2D eigenvalue weighted by molar-refractivity contribution is 6.20. The maximum Gasteiger partial charge on any atom is 0.489 e. The summed E-state index contributed by atoms with van der Waals surface area (Å²) in [5.41, 5.74) is -0.611. The molecule has 1 saturated heterocycles. The van der Waals surface area contributed by atoms with Crippen LogP contribution in [-0.2, 0) is 14.1 Å². The quantitative estimate of drug-likeness (QED) is 0.380. The van der Waals surface area contributed by atoms with Gasteiger partial charge in [-0.25, -0.2) is 0 Å². The zero-order valence-electron chi connectivity index (χ0n) is 5.58. The van der Waals surface area contributed by atoms with Crippen molar-refractivity contribution in [1.82, 2.24) is 0 Å². The first kappa shape index (κ1) is 6.37. The minimum Gasteiger partial charge on any atom is -0.407 e. The molecule has 2 rings (SSSR count). The topological polar surface area (TPSA) is 35.5 Å². The molecule has 3 nitrogen and oxygen atoms in total. The fraction of sp³-hybridized carbons (Fsp3) is 0.833. The Morgan fingerprint density at radius 3 is 3.30 bits per heavy atom. The number of carbonyl (C=O) groups excluding carboxylic acids is 1. The first-order valence-electron chi connectivity index (χ1n) is 3.49. The van der Waals surface area contributed by atoms with Crippen molar-refractivity contribution in [3.8, 4) is 0 Å². The Kier molecular flexibility index (Phi) is 1.32. The molecule has 0 spiro atoms. The molecule has 53 valence electrons. The van der Waals surface area contributed by atoms with Crippen LogP contribution in [0.3, 0.4) is 0 Å². The summed E-state index contributed by atoms with van der Waals surface area (Å²) in [4.78, 5) is 10.6. The lowest BCUT2D eigenvalue weighted by Crippen LogP contribution is -2.36. The largest absolute Gasteiger partial charge is 0.489 e. The van der Waals surface area contributed by atoms with Crippen LogP contribution in [0.15, 0.2) is 0 Å². The molecule has 2 atom stereocenters. The van der Waals surface area contributed by atoms with Gasteiger partial charge in [0, 0.05) is 0 Å². The van der Waals surface area contributed by atoms with Crippen molar-refractivity contribution in [1.29, 1.82) is 0 Å². The normalized spacial score (nSPS) is 44.6. The van der Waals surface area contributed by atoms with Crippen molar-refractivity contribution in [3.63, 3.8) is 0 Å². The number of carbonyl (C=O) groups is 1.